The molecule has 6 nitrogen and oxygen atoms in total. The molecule has 0 aromatic carbocycles. The highest BCUT2D eigenvalue weighted by atomic mass is 31.0. The van der Waals surface area contributed by atoms with Gasteiger partial charge in [0.25, 0.3) is 0 Å². The number of aliphatic hydroxyl groups is 6. The molecule has 0 fully saturated rings. The Morgan fingerprint density at radius 2 is 0.500 bits per heavy atom. The van der Waals surface area contributed by atoms with Crippen LogP contribution < -0.4 is 0 Å². The summed E-state index contributed by atoms with van der Waals surface area (Å²) in [6.45, 7) is 1.64. The standard InChI is InChI=1S/C9H21O2P.2C9H20O2/c10-8-6-4-2-1-3-5-7-9(11)12;2*10-8-6-4-2-1-3-5-7-9-11/h9-11H,1-8,12H2;2*10-11H,1-9H2. The average Bonchev–Trinajstić information content (AvgIpc) is 2.83. The molecule has 34 heavy (non-hydrogen) atoms. The number of rotatable bonds is 24. The maximum absolute atomic E-state index is 8.92. The quantitative estimate of drug-likeness (QED) is 0.0770. The van der Waals surface area contributed by atoms with Crippen molar-refractivity contribution >= 4 is 9.24 Å². The number of unbranched alkanes of at least 4 members (excludes halogenated alkanes) is 17. The summed E-state index contributed by atoms with van der Waals surface area (Å²) in [5.74, 6) is -0.220. The van der Waals surface area contributed by atoms with Gasteiger partial charge in [0, 0.05) is 33.0 Å². The van der Waals surface area contributed by atoms with Crippen LogP contribution in [0, 0.1) is 0 Å². The first-order valence-corrected chi connectivity index (χ1v) is 14.7. The third-order valence-corrected chi connectivity index (χ3v) is 5.87. The third-order valence-electron chi connectivity index (χ3n) is 5.54. The van der Waals surface area contributed by atoms with Crippen molar-refractivity contribution in [2.24, 2.45) is 0 Å². The Labute approximate surface area is 213 Å². The molecule has 0 amide bonds. The van der Waals surface area contributed by atoms with Crippen LogP contribution in [0.5, 0.6) is 0 Å². The summed E-state index contributed by atoms with van der Waals surface area (Å²) >= 11 is 0. The maximum Gasteiger partial charge on any atom is 0.0673 e. The van der Waals surface area contributed by atoms with E-state index in [4.69, 9.17) is 30.6 Å². The second-order valence-corrected chi connectivity index (χ2v) is 9.81. The molecule has 0 aromatic heterocycles. The molecule has 6 N–H and O–H groups in total. The zero-order valence-electron chi connectivity index (χ0n) is 22.2. The van der Waals surface area contributed by atoms with Gasteiger partial charge in [-0.1, -0.05) is 96.3 Å². The molecular formula is C27H61O6P. The second-order valence-electron chi connectivity index (χ2n) is 9.05. The van der Waals surface area contributed by atoms with Crippen molar-refractivity contribution in [3.05, 3.63) is 0 Å². The van der Waals surface area contributed by atoms with Crippen LogP contribution in [0.15, 0.2) is 0 Å². The van der Waals surface area contributed by atoms with Gasteiger partial charge >= 0.3 is 0 Å². The molecule has 0 bridgehead atoms. The molecule has 0 saturated carbocycles. The Morgan fingerprint density at radius 1 is 0.324 bits per heavy atom. The van der Waals surface area contributed by atoms with Crippen molar-refractivity contribution in [3.8, 4) is 0 Å². The van der Waals surface area contributed by atoms with E-state index in [1.165, 1.54) is 57.8 Å². The molecule has 0 aliphatic carbocycles. The van der Waals surface area contributed by atoms with Gasteiger partial charge in [0.1, 0.15) is 0 Å². The summed E-state index contributed by atoms with van der Waals surface area (Å²) in [5, 5.41) is 51.3. The lowest BCUT2D eigenvalue weighted by molar-refractivity contribution is 0.246. The molecule has 0 heterocycles. The van der Waals surface area contributed by atoms with Gasteiger partial charge in [0.15, 0.2) is 0 Å². The molecule has 0 aromatic rings. The van der Waals surface area contributed by atoms with Gasteiger partial charge in [-0.05, 0) is 38.5 Å². The zero-order chi connectivity index (χ0) is 26.0. The van der Waals surface area contributed by atoms with E-state index in [0.717, 1.165) is 77.0 Å². The average molecular weight is 513 g/mol. The maximum atomic E-state index is 8.92. The van der Waals surface area contributed by atoms with E-state index in [-0.39, 0.29) is 5.85 Å². The fourth-order valence-corrected chi connectivity index (χ4v) is 3.62. The lowest BCUT2D eigenvalue weighted by Crippen LogP contribution is -1.93. The number of aliphatic hydroxyl groups excluding tert-OH is 6. The van der Waals surface area contributed by atoms with Crippen LogP contribution in [0.4, 0.5) is 0 Å². The van der Waals surface area contributed by atoms with Crippen molar-refractivity contribution in [3.63, 3.8) is 0 Å². The van der Waals surface area contributed by atoms with E-state index in [2.05, 4.69) is 9.24 Å². The molecule has 2 atom stereocenters. The summed E-state index contributed by atoms with van der Waals surface area (Å²) < 4.78 is 0. The van der Waals surface area contributed by atoms with E-state index >= 15 is 0 Å². The van der Waals surface area contributed by atoms with Crippen LogP contribution >= 0.6 is 9.24 Å². The predicted molar refractivity (Wildman–Crippen MR) is 148 cm³/mol. The van der Waals surface area contributed by atoms with Crippen molar-refractivity contribution in [2.75, 3.05) is 33.0 Å². The van der Waals surface area contributed by atoms with Gasteiger partial charge in [-0.3, -0.25) is 0 Å². The van der Waals surface area contributed by atoms with Crippen molar-refractivity contribution in [1.29, 1.82) is 0 Å². The number of hydrogen-bond acceptors (Lipinski definition) is 6. The molecule has 0 rings (SSSR count). The van der Waals surface area contributed by atoms with E-state index in [1.54, 1.807) is 0 Å². The molecular weight excluding hydrogens is 451 g/mol. The highest BCUT2D eigenvalue weighted by molar-refractivity contribution is 7.17. The Balaban J connectivity index is -0.000000425. The minimum absolute atomic E-state index is 0.220. The molecule has 7 heteroatoms. The Hall–Kier alpha value is 0.190. The van der Waals surface area contributed by atoms with Gasteiger partial charge < -0.3 is 30.6 Å². The summed E-state index contributed by atoms with van der Waals surface area (Å²) in [6, 6.07) is 0. The van der Waals surface area contributed by atoms with Gasteiger partial charge in [-0.15, -0.1) is 9.24 Å². The lowest BCUT2D eigenvalue weighted by atomic mass is 10.1. The van der Waals surface area contributed by atoms with Crippen molar-refractivity contribution < 1.29 is 30.6 Å². The first-order chi connectivity index (χ1) is 16.6. The van der Waals surface area contributed by atoms with Gasteiger partial charge in [-0.2, -0.15) is 0 Å². The minimum atomic E-state index is -0.220. The second kappa shape index (κ2) is 40.4. The molecule has 0 spiro atoms. The summed E-state index contributed by atoms with van der Waals surface area (Å²) in [5.41, 5.74) is 0. The Morgan fingerprint density at radius 3 is 0.676 bits per heavy atom. The van der Waals surface area contributed by atoms with Crippen molar-refractivity contribution in [1.82, 2.24) is 0 Å². The minimum Gasteiger partial charge on any atom is -0.396 e. The SMILES string of the molecule is OCCCCCCCCC(O)P.OCCCCCCCCCO.OCCCCCCCCCO. The lowest BCUT2D eigenvalue weighted by Gasteiger charge is -2.03. The van der Waals surface area contributed by atoms with E-state index < -0.39 is 0 Å². The smallest absolute Gasteiger partial charge is 0.0673 e. The molecule has 210 valence electrons. The van der Waals surface area contributed by atoms with Crippen LogP contribution in [0.3, 0.4) is 0 Å². The fraction of sp³-hybridized carbons (Fsp3) is 1.00. The van der Waals surface area contributed by atoms with Crippen LogP contribution in [0.25, 0.3) is 0 Å². The topological polar surface area (TPSA) is 121 Å². The molecule has 0 aliphatic rings. The first-order valence-electron chi connectivity index (χ1n) is 14.1. The predicted octanol–water partition coefficient (Wildman–Crippen LogP) is 5.31. The summed E-state index contributed by atoms with van der Waals surface area (Å²) in [6.07, 6.45) is 23.5. The molecule has 2 unspecified atom stereocenters. The van der Waals surface area contributed by atoms with E-state index in [0.29, 0.717) is 33.0 Å². The van der Waals surface area contributed by atoms with Crippen LogP contribution in [0.1, 0.15) is 135 Å². The number of hydrogen-bond donors (Lipinski definition) is 6. The van der Waals surface area contributed by atoms with E-state index in [9.17, 15) is 0 Å². The van der Waals surface area contributed by atoms with E-state index in [1.807, 2.05) is 0 Å². The van der Waals surface area contributed by atoms with Gasteiger partial charge in [0.05, 0.1) is 5.85 Å². The highest BCUT2D eigenvalue weighted by Gasteiger charge is 1.95. The molecule has 0 aliphatic heterocycles. The first kappa shape index (κ1) is 38.7. The normalized spacial score (nSPS) is 11.4. The van der Waals surface area contributed by atoms with Crippen molar-refractivity contribution in [2.45, 2.75) is 141 Å². The monoisotopic (exact) mass is 512 g/mol. The van der Waals surface area contributed by atoms with Gasteiger partial charge in [0.2, 0.25) is 0 Å². The van der Waals surface area contributed by atoms with Crippen LogP contribution in [0.2, 0.25) is 0 Å². The highest BCUT2D eigenvalue weighted by Crippen LogP contribution is 2.11. The van der Waals surface area contributed by atoms with Crippen LogP contribution in [-0.4, -0.2) is 69.5 Å². The fourth-order valence-electron chi connectivity index (χ4n) is 3.39. The Bertz CT molecular complexity index is 275. The zero-order valence-corrected chi connectivity index (χ0v) is 23.4. The third kappa shape index (κ3) is 49.4. The summed E-state index contributed by atoms with van der Waals surface area (Å²) in [7, 11) is 2.40. The molecule has 0 radical (unpaired) electrons. The summed E-state index contributed by atoms with van der Waals surface area (Å²) in [4.78, 5) is 0. The Kier molecular flexibility index (Phi) is 46.0. The van der Waals surface area contributed by atoms with Crippen LogP contribution in [-0.2, 0) is 0 Å². The molecule has 0 saturated heterocycles. The largest absolute Gasteiger partial charge is 0.396 e. The van der Waals surface area contributed by atoms with Gasteiger partial charge in [-0.25, -0.2) is 0 Å².